The summed E-state index contributed by atoms with van der Waals surface area (Å²) in [6, 6.07) is 13.7. The first-order valence-corrected chi connectivity index (χ1v) is 12.3. The van der Waals surface area contributed by atoms with Crippen LogP contribution in [0.5, 0.6) is 5.75 Å². The summed E-state index contributed by atoms with van der Waals surface area (Å²) in [6.45, 7) is 12.0. The van der Waals surface area contributed by atoms with Gasteiger partial charge in [0.05, 0.1) is 17.7 Å². The molecular weight excluding hydrogens is 462 g/mol. The van der Waals surface area contributed by atoms with Crippen molar-refractivity contribution in [2.75, 3.05) is 4.90 Å². The van der Waals surface area contributed by atoms with Crippen molar-refractivity contribution in [3.8, 4) is 5.75 Å². The van der Waals surface area contributed by atoms with Gasteiger partial charge in [-0.2, -0.15) is 0 Å². The molecule has 182 valence electrons. The van der Waals surface area contributed by atoms with Crippen molar-refractivity contribution in [3.63, 3.8) is 0 Å². The Labute approximate surface area is 209 Å². The van der Waals surface area contributed by atoms with Crippen LogP contribution in [0.3, 0.4) is 0 Å². The van der Waals surface area contributed by atoms with Crippen molar-refractivity contribution in [1.82, 2.24) is 10.2 Å². The summed E-state index contributed by atoms with van der Waals surface area (Å²) in [6.07, 6.45) is 0.00574. The van der Waals surface area contributed by atoms with Crippen LogP contribution in [-0.2, 0) is 15.0 Å². The van der Waals surface area contributed by atoms with Gasteiger partial charge >= 0.3 is 5.91 Å². The van der Waals surface area contributed by atoms with Crippen molar-refractivity contribution in [2.24, 2.45) is 0 Å². The number of aliphatic hydroxyl groups excluding tert-OH is 1. The van der Waals surface area contributed by atoms with E-state index in [-0.39, 0.29) is 22.9 Å². The summed E-state index contributed by atoms with van der Waals surface area (Å²) in [5.74, 6) is -1.10. The maximum atomic E-state index is 13.3. The van der Waals surface area contributed by atoms with Gasteiger partial charge in [-0.15, -0.1) is 10.2 Å². The largest absolute Gasteiger partial charge is 0.507 e. The lowest BCUT2D eigenvalue weighted by Crippen LogP contribution is -2.29. The number of anilines is 1. The second-order valence-electron chi connectivity index (χ2n) is 9.84. The van der Waals surface area contributed by atoms with E-state index in [1.807, 2.05) is 38.1 Å². The first kappa shape index (κ1) is 24.6. The molecule has 1 aliphatic heterocycles. The Kier molecular flexibility index (Phi) is 6.51. The molecule has 35 heavy (non-hydrogen) atoms. The number of aryl methyl sites for hydroxylation is 1. The van der Waals surface area contributed by atoms with Crippen molar-refractivity contribution in [3.05, 3.63) is 75.8 Å². The van der Waals surface area contributed by atoms with Crippen molar-refractivity contribution < 1.29 is 19.4 Å². The third-order valence-electron chi connectivity index (χ3n) is 5.76. The van der Waals surface area contributed by atoms with Gasteiger partial charge in [0.2, 0.25) is 5.13 Å². The number of Topliss-reactive ketones (excluding diaryl/α,β-unsaturated/α-hetero) is 1. The van der Waals surface area contributed by atoms with Gasteiger partial charge in [0.25, 0.3) is 5.78 Å². The molecule has 1 saturated heterocycles. The highest BCUT2D eigenvalue weighted by atomic mass is 32.1. The summed E-state index contributed by atoms with van der Waals surface area (Å²) in [4.78, 5) is 27.8. The number of hydrogen-bond donors (Lipinski definition) is 1. The van der Waals surface area contributed by atoms with E-state index in [9.17, 15) is 14.7 Å². The molecule has 0 bridgehead atoms. The first-order chi connectivity index (χ1) is 16.5. The number of benzene rings is 2. The van der Waals surface area contributed by atoms with Crippen LogP contribution in [0.1, 0.15) is 62.4 Å². The first-order valence-electron chi connectivity index (χ1n) is 11.5. The molecule has 8 heteroatoms. The van der Waals surface area contributed by atoms with E-state index in [4.69, 9.17) is 4.74 Å². The van der Waals surface area contributed by atoms with Gasteiger partial charge in [0.15, 0.2) is 0 Å². The lowest BCUT2D eigenvalue weighted by molar-refractivity contribution is -0.132. The van der Waals surface area contributed by atoms with Crippen LogP contribution in [0.15, 0.2) is 54.1 Å². The number of ketones is 1. The van der Waals surface area contributed by atoms with E-state index in [0.717, 1.165) is 5.56 Å². The average molecular weight is 492 g/mol. The molecule has 0 unspecified atom stereocenters. The third-order valence-corrected chi connectivity index (χ3v) is 6.60. The minimum atomic E-state index is -0.831. The Morgan fingerprint density at radius 2 is 1.66 bits per heavy atom. The number of rotatable bonds is 5. The quantitative estimate of drug-likeness (QED) is 0.285. The Morgan fingerprint density at radius 3 is 2.17 bits per heavy atom. The van der Waals surface area contributed by atoms with Crippen molar-refractivity contribution in [1.29, 1.82) is 0 Å². The average Bonchev–Trinajstić information content (AvgIpc) is 3.33. The molecule has 1 fully saturated rings. The molecule has 1 aliphatic rings. The van der Waals surface area contributed by atoms with Crippen LogP contribution >= 0.6 is 11.3 Å². The second kappa shape index (κ2) is 9.26. The van der Waals surface area contributed by atoms with Crippen molar-refractivity contribution in [2.45, 2.75) is 59.1 Å². The number of aromatic nitrogens is 2. The fourth-order valence-electron chi connectivity index (χ4n) is 4.01. The molecule has 1 amide bonds. The number of ether oxygens (including phenoxy) is 1. The standard InChI is InChI=1S/C27H29N3O4S/c1-15(2)34-20-13-9-18(10-14-20)23(31)21-22(17-7-11-19(12-8-17)27(4,5)6)30(25(33)24(21)32)26-29-28-16(3)35-26/h7-15,22,31H,1-6H3/t22-/m1/s1. The van der Waals surface area contributed by atoms with Crippen LogP contribution in [0.2, 0.25) is 0 Å². The Hall–Kier alpha value is -3.52. The number of carbonyl (C=O) groups excluding carboxylic acids is 2. The Morgan fingerprint density at radius 1 is 1.03 bits per heavy atom. The number of nitrogens with zero attached hydrogens (tertiary/aromatic N) is 3. The predicted octanol–water partition coefficient (Wildman–Crippen LogP) is 5.56. The summed E-state index contributed by atoms with van der Waals surface area (Å²) >= 11 is 1.22. The minimum absolute atomic E-state index is 0.00574. The molecule has 3 aromatic rings. The van der Waals surface area contributed by atoms with Gasteiger partial charge in [-0.25, -0.2) is 0 Å². The van der Waals surface area contributed by atoms with Crippen LogP contribution < -0.4 is 9.64 Å². The lowest BCUT2D eigenvalue weighted by atomic mass is 9.85. The zero-order valence-corrected chi connectivity index (χ0v) is 21.5. The summed E-state index contributed by atoms with van der Waals surface area (Å²) in [5, 5.41) is 20.4. The summed E-state index contributed by atoms with van der Waals surface area (Å²) in [7, 11) is 0. The maximum absolute atomic E-state index is 13.3. The number of carbonyl (C=O) groups is 2. The molecule has 0 saturated carbocycles. The zero-order chi connectivity index (χ0) is 25.5. The summed E-state index contributed by atoms with van der Waals surface area (Å²) < 4.78 is 5.68. The van der Waals surface area contributed by atoms with E-state index >= 15 is 0 Å². The number of hydrogen-bond acceptors (Lipinski definition) is 7. The van der Waals surface area contributed by atoms with E-state index in [1.54, 1.807) is 31.2 Å². The number of aliphatic hydroxyl groups is 1. The molecule has 2 heterocycles. The third kappa shape index (κ3) is 4.84. The fourth-order valence-corrected chi connectivity index (χ4v) is 4.73. The van der Waals surface area contributed by atoms with Gasteiger partial charge in [-0.1, -0.05) is 56.4 Å². The van der Waals surface area contributed by atoms with Gasteiger partial charge in [0.1, 0.15) is 16.5 Å². The molecule has 1 aromatic heterocycles. The SMILES string of the molecule is Cc1nnc(N2C(=O)C(=O)C(=C(O)c3ccc(OC(C)C)cc3)[C@H]2c2ccc(C(C)(C)C)cc2)s1. The monoisotopic (exact) mass is 491 g/mol. The van der Waals surface area contributed by atoms with Gasteiger partial charge in [-0.3, -0.25) is 14.5 Å². The molecule has 1 N–H and O–H groups in total. The maximum Gasteiger partial charge on any atom is 0.301 e. The highest BCUT2D eigenvalue weighted by molar-refractivity contribution is 7.15. The molecule has 0 spiro atoms. The van der Waals surface area contributed by atoms with E-state index in [1.165, 1.54) is 16.2 Å². The van der Waals surface area contributed by atoms with E-state index < -0.39 is 17.7 Å². The topological polar surface area (TPSA) is 92.6 Å². The predicted molar refractivity (Wildman–Crippen MR) is 137 cm³/mol. The van der Waals surface area contributed by atoms with Crippen LogP contribution in [0, 0.1) is 6.92 Å². The minimum Gasteiger partial charge on any atom is -0.507 e. The molecule has 0 radical (unpaired) electrons. The zero-order valence-electron chi connectivity index (χ0n) is 20.7. The summed E-state index contributed by atoms with van der Waals surface area (Å²) in [5.41, 5.74) is 2.20. The Bertz CT molecular complexity index is 1290. The van der Waals surface area contributed by atoms with Crippen LogP contribution in [0.4, 0.5) is 5.13 Å². The van der Waals surface area contributed by atoms with Gasteiger partial charge in [-0.05, 0) is 61.6 Å². The highest BCUT2D eigenvalue weighted by Gasteiger charge is 2.48. The Balaban J connectivity index is 1.85. The highest BCUT2D eigenvalue weighted by Crippen LogP contribution is 2.43. The molecule has 7 nitrogen and oxygen atoms in total. The van der Waals surface area contributed by atoms with E-state index in [0.29, 0.717) is 27.0 Å². The second-order valence-corrected chi connectivity index (χ2v) is 11.0. The molecule has 1 atom stereocenters. The van der Waals surface area contributed by atoms with Gasteiger partial charge < -0.3 is 9.84 Å². The smallest absolute Gasteiger partial charge is 0.301 e. The normalized spacial score (nSPS) is 17.9. The van der Waals surface area contributed by atoms with Crippen LogP contribution in [0.25, 0.3) is 5.76 Å². The van der Waals surface area contributed by atoms with E-state index in [2.05, 4.69) is 31.0 Å². The molecule has 2 aromatic carbocycles. The molecular formula is C27H29N3O4S. The lowest BCUT2D eigenvalue weighted by Gasteiger charge is -2.24. The van der Waals surface area contributed by atoms with Crippen molar-refractivity contribution >= 4 is 33.9 Å². The van der Waals surface area contributed by atoms with Crippen LogP contribution in [-0.4, -0.2) is 33.1 Å². The molecule has 0 aliphatic carbocycles. The number of amides is 1. The fraction of sp³-hybridized carbons (Fsp3) is 0.333. The van der Waals surface area contributed by atoms with Gasteiger partial charge in [0, 0.05) is 5.56 Å². The molecule has 4 rings (SSSR count).